The minimum absolute atomic E-state index is 0.0849. The van der Waals surface area contributed by atoms with Crippen LogP contribution in [0, 0.1) is 5.92 Å². The van der Waals surface area contributed by atoms with Crippen molar-refractivity contribution in [3.05, 3.63) is 34.3 Å². The first kappa shape index (κ1) is 16.5. The van der Waals surface area contributed by atoms with Crippen LogP contribution >= 0.6 is 15.9 Å². The zero-order chi connectivity index (χ0) is 15.6. The van der Waals surface area contributed by atoms with Crippen LogP contribution in [0.25, 0.3) is 0 Å². The molecule has 0 radical (unpaired) electrons. The normalized spacial score (nSPS) is 20.7. The second-order valence-corrected chi connectivity index (χ2v) is 9.06. The van der Waals surface area contributed by atoms with Gasteiger partial charge < -0.3 is 4.90 Å². The molecule has 1 heterocycles. The maximum Gasteiger partial charge on any atom is 0.254 e. The third kappa shape index (κ3) is 4.30. The van der Waals surface area contributed by atoms with E-state index in [1.807, 2.05) is 26.0 Å². The van der Waals surface area contributed by atoms with Crippen molar-refractivity contribution >= 4 is 31.7 Å². The number of hydrogen-bond acceptors (Lipinski definition) is 3. The van der Waals surface area contributed by atoms with Crippen LogP contribution in [-0.4, -0.2) is 43.3 Å². The summed E-state index contributed by atoms with van der Waals surface area (Å²) in [7, 11) is -3.00. The van der Waals surface area contributed by atoms with E-state index in [9.17, 15) is 13.2 Å². The van der Waals surface area contributed by atoms with Crippen LogP contribution < -0.4 is 0 Å². The van der Waals surface area contributed by atoms with Gasteiger partial charge in [-0.1, -0.05) is 29.8 Å². The smallest absolute Gasteiger partial charge is 0.254 e. The molecule has 1 aromatic rings. The number of carbonyl (C=O) groups is 1. The lowest BCUT2D eigenvalue weighted by molar-refractivity contribution is 0.0672. The van der Waals surface area contributed by atoms with Crippen molar-refractivity contribution in [3.63, 3.8) is 0 Å². The molecule has 0 spiro atoms. The molecular formula is C15H20BrNO3S. The third-order valence-corrected chi connectivity index (χ3v) is 5.84. The molecule has 4 nitrogen and oxygen atoms in total. The van der Waals surface area contributed by atoms with Crippen molar-refractivity contribution in [1.82, 2.24) is 4.90 Å². The van der Waals surface area contributed by atoms with Gasteiger partial charge in [0.1, 0.15) is 0 Å². The van der Waals surface area contributed by atoms with E-state index in [0.717, 1.165) is 4.47 Å². The molecule has 1 aromatic carbocycles. The Morgan fingerprint density at radius 2 is 1.95 bits per heavy atom. The lowest BCUT2D eigenvalue weighted by Crippen LogP contribution is -2.43. The molecule has 1 aliphatic heterocycles. The van der Waals surface area contributed by atoms with Gasteiger partial charge in [0.15, 0.2) is 9.84 Å². The Bertz CT molecular complexity index is 610. The fourth-order valence-electron chi connectivity index (χ4n) is 2.57. The monoisotopic (exact) mass is 373 g/mol. The highest BCUT2D eigenvalue weighted by Gasteiger charge is 2.35. The van der Waals surface area contributed by atoms with Gasteiger partial charge in [-0.3, -0.25) is 4.79 Å². The lowest BCUT2D eigenvalue weighted by Gasteiger charge is -2.30. The summed E-state index contributed by atoms with van der Waals surface area (Å²) in [6.07, 6.45) is 0.539. The average Bonchev–Trinajstić information content (AvgIpc) is 2.76. The summed E-state index contributed by atoms with van der Waals surface area (Å²) in [6.45, 7) is 4.64. The van der Waals surface area contributed by atoms with Gasteiger partial charge >= 0.3 is 0 Å². The van der Waals surface area contributed by atoms with Crippen LogP contribution in [0.5, 0.6) is 0 Å². The minimum atomic E-state index is -3.00. The van der Waals surface area contributed by atoms with Gasteiger partial charge in [0.05, 0.1) is 11.5 Å². The van der Waals surface area contributed by atoms with Crippen molar-refractivity contribution in [2.24, 2.45) is 5.92 Å². The van der Waals surface area contributed by atoms with E-state index in [1.54, 1.807) is 17.0 Å². The Hall–Kier alpha value is -0.880. The number of halogens is 1. The SMILES string of the molecule is CC(C)CN(C(=O)c1ccc(Br)cc1)C1CCS(=O)(=O)C1. The fourth-order valence-corrected chi connectivity index (χ4v) is 4.57. The van der Waals surface area contributed by atoms with E-state index in [4.69, 9.17) is 0 Å². The fraction of sp³-hybridized carbons (Fsp3) is 0.533. The number of amides is 1. The molecule has 2 rings (SSSR count). The summed E-state index contributed by atoms with van der Waals surface area (Å²) in [6, 6.07) is 6.98. The number of benzene rings is 1. The Balaban J connectivity index is 2.23. The van der Waals surface area contributed by atoms with E-state index >= 15 is 0 Å². The number of nitrogens with zero attached hydrogens (tertiary/aromatic N) is 1. The van der Waals surface area contributed by atoms with E-state index in [2.05, 4.69) is 15.9 Å². The molecule has 0 saturated carbocycles. The summed E-state index contributed by atoms with van der Waals surface area (Å²) < 4.78 is 24.3. The number of carbonyl (C=O) groups excluding carboxylic acids is 1. The summed E-state index contributed by atoms with van der Waals surface area (Å²) in [5.41, 5.74) is 0.600. The molecule has 1 aliphatic rings. The van der Waals surface area contributed by atoms with E-state index in [1.165, 1.54) is 0 Å². The van der Waals surface area contributed by atoms with Gasteiger partial charge in [-0.25, -0.2) is 8.42 Å². The molecule has 21 heavy (non-hydrogen) atoms. The zero-order valence-electron chi connectivity index (χ0n) is 12.3. The van der Waals surface area contributed by atoms with E-state index in [0.29, 0.717) is 24.4 Å². The molecule has 0 aromatic heterocycles. The molecule has 1 fully saturated rings. The molecule has 0 bridgehead atoms. The van der Waals surface area contributed by atoms with Crippen LogP contribution in [-0.2, 0) is 9.84 Å². The van der Waals surface area contributed by atoms with Gasteiger partial charge in [0.2, 0.25) is 0 Å². The van der Waals surface area contributed by atoms with Gasteiger partial charge in [-0.15, -0.1) is 0 Å². The maximum absolute atomic E-state index is 12.7. The van der Waals surface area contributed by atoms with Crippen LogP contribution in [0.3, 0.4) is 0 Å². The quantitative estimate of drug-likeness (QED) is 0.815. The summed E-state index contributed by atoms with van der Waals surface area (Å²) in [5.74, 6) is 0.480. The number of hydrogen-bond donors (Lipinski definition) is 0. The second-order valence-electron chi connectivity index (χ2n) is 5.92. The maximum atomic E-state index is 12.7. The van der Waals surface area contributed by atoms with Crippen LogP contribution in [0.1, 0.15) is 30.6 Å². The predicted octanol–water partition coefficient (Wildman–Crippen LogP) is 2.73. The van der Waals surface area contributed by atoms with Gasteiger partial charge in [0.25, 0.3) is 5.91 Å². The van der Waals surface area contributed by atoms with Gasteiger partial charge in [0, 0.05) is 22.6 Å². The zero-order valence-corrected chi connectivity index (χ0v) is 14.7. The molecule has 6 heteroatoms. The molecule has 0 N–H and O–H groups in total. The van der Waals surface area contributed by atoms with Crippen molar-refractivity contribution in [3.8, 4) is 0 Å². The first-order chi connectivity index (χ1) is 9.78. The average molecular weight is 374 g/mol. The summed E-state index contributed by atoms with van der Waals surface area (Å²) in [5, 5.41) is 0. The third-order valence-electron chi connectivity index (χ3n) is 3.56. The Morgan fingerprint density at radius 3 is 2.43 bits per heavy atom. The standard InChI is InChI=1S/C15H20BrNO3S/c1-11(2)9-17(14-7-8-21(19,20)10-14)15(18)12-3-5-13(16)6-4-12/h3-6,11,14H,7-10H2,1-2H3. The van der Waals surface area contributed by atoms with Crippen molar-refractivity contribution in [1.29, 1.82) is 0 Å². The minimum Gasteiger partial charge on any atom is -0.334 e. The highest BCUT2D eigenvalue weighted by molar-refractivity contribution is 9.10. The number of rotatable bonds is 4. The molecular weight excluding hydrogens is 354 g/mol. The highest BCUT2D eigenvalue weighted by Crippen LogP contribution is 2.22. The Morgan fingerprint density at radius 1 is 1.33 bits per heavy atom. The summed E-state index contributed by atoms with van der Waals surface area (Å²) in [4.78, 5) is 14.4. The largest absolute Gasteiger partial charge is 0.334 e. The van der Waals surface area contributed by atoms with Crippen LogP contribution in [0.15, 0.2) is 28.7 Å². The second kappa shape index (κ2) is 6.48. The van der Waals surface area contributed by atoms with Crippen LogP contribution in [0.4, 0.5) is 0 Å². The predicted molar refractivity (Wildman–Crippen MR) is 87.1 cm³/mol. The topological polar surface area (TPSA) is 54.5 Å². The van der Waals surface area contributed by atoms with Crippen molar-refractivity contribution in [2.45, 2.75) is 26.3 Å². The highest BCUT2D eigenvalue weighted by atomic mass is 79.9. The first-order valence-electron chi connectivity index (χ1n) is 7.05. The van der Waals surface area contributed by atoms with Crippen LogP contribution in [0.2, 0.25) is 0 Å². The molecule has 1 atom stereocenters. The van der Waals surface area contributed by atoms with Gasteiger partial charge in [-0.2, -0.15) is 0 Å². The molecule has 116 valence electrons. The van der Waals surface area contributed by atoms with E-state index in [-0.39, 0.29) is 23.5 Å². The summed E-state index contributed by atoms with van der Waals surface area (Å²) >= 11 is 3.35. The molecule has 0 aliphatic carbocycles. The van der Waals surface area contributed by atoms with Gasteiger partial charge in [-0.05, 0) is 36.6 Å². The Kier molecular flexibility index (Phi) is 5.09. The van der Waals surface area contributed by atoms with Crippen molar-refractivity contribution in [2.75, 3.05) is 18.1 Å². The van der Waals surface area contributed by atoms with E-state index < -0.39 is 9.84 Å². The number of sulfone groups is 1. The molecule has 1 unspecified atom stereocenters. The lowest BCUT2D eigenvalue weighted by atomic mass is 10.1. The molecule has 1 amide bonds. The first-order valence-corrected chi connectivity index (χ1v) is 9.67. The van der Waals surface area contributed by atoms with Crippen molar-refractivity contribution < 1.29 is 13.2 Å². The molecule has 1 saturated heterocycles. The Labute approximate surface area is 134 Å².